The van der Waals surface area contributed by atoms with Crippen LogP contribution in [-0.4, -0.2) is 48.2 Å². The number of hydrogen-bond donors (Lipinski definition) is 1. The molecule has 0 aromatic heterocycles. The van der Waals surface area contributed by atoms with Gasteiger partial charge in [-0.05, 0) is 43.5 Å². The summed E-state index contributed by atoms with van der Waals surface area (Å²) in [6.07, 6.45) is -0.0479. The van der Waals surface area contributed by atoms with Crippen LogP contribution in [-0.2, 0) is 14.4 Å². The van der Waals surface area contributed by atoms with Crippen LogP contribution in [0.1, 0.15) is 30.9 Å². The molecule has 176 valence electrons. The molecule has 0 radical (unpaired) electrons. The van der Waals surface area contributed by atoms with Crippen LogP contribution in [0.25, 0.3) is 0 Å². The molecule has 0 bridgehead atoms. The molecule has 0 unspecified atom stereocenters. The molecule has 2 aromatic carbocycles. The van der Waals surface area contributed by atoms with Gasteiger partial charge < -0.3 is 10.5 Å². The summed E-state index contributed by atoms with van der Waals surface area (Å²) in [7, 11) is 1.40. The van der Waals surface area contributed by atoms with Crippen LogP contribution in [0.5, 0.6) is 0 Å². The molecule has 1 amide bonds. The molecule has 0 spiro atoms. The van der Waals surface area contributed by atoms with Crippen LogP contribution in [0.3, 0.4) is 0 Å². The fourth-order valence-electron chi connectivity index (χ4n) is 3.43. The Balaban J connectivity index is 2.08. The van der Waals surface area contributed by atoms with Crippen molar-refractivity contribution in [2.75, 3.05) is 20.3 Å². The maximum Gasteiger partial charge on any atom is 0.273 e. The molecule has 2 aromatic rings. The first kappa shape index (κ1) is 24.8. The van der Waals surface area contributed by atoms with Gasteiger partial charge in [-0.15, -0.1) is 0 Å². The van der Waals surface area contributed by atoms with E-state index in [1.165, 1.54) is 12.1 Å². The molecule has 0 saturated carbocycles. The predicted molar refractivity (Wildman–Crippen MR) is 124 cm³/mol. The lowest BCUT2D eigenvalue weighted by Gasteiger charge is -2.36. The maximum absolute atomic E-state index is 14.6. The Labute approximate surface area is 194 Å². The summed E-state index contributed by atoms with van der Waals surface area (Å²) in [6.45, 7) is 0.975. The van der Waals surface area contributed by atoms with Gasteiger partial charge >= 0.3 is 0 Å². The standard InChI is InChI=1S/C23H25F3N4O2S/c1-15(32-2)22(31)30-23(16-7-4-3-5-8-16,11-6-12-28-20(27)14-24)33-21(29-30)18-13-17(25)9-10-19(18)26/h3-5,7-10,13,15H,6,11-12,14H2,1-2H3,(H2,27,28)/t15-,23-/m0/s1. The lowest BCUT2D eigenvalue weighted by molar-refractivity contribution is -0.144. The highest BCUT2D eigenvalue weighted by molar-refractivity contribution is 8.15. The van der Waals surface area contributed by atoms with E-state index in [1.807, 2.05) is 30.3 Å². The zero-order valence-electron chi connectivity index (χ0n) is 18.3. The Kier molecular flexibility index (Phi) is 8.15. The quantitative estimate of drug-likeness (QED) is 0.333. The molecule has 2 N–H and O–H groups in total. The Morgan fingerprint density at radius 3 is 2.67 bits per heavy atom. The fraction of sp³-hybridized carbons (Fsp3) is 0.348. The molecule has 33 heavy (non-hydrogen) atoms. The zero-order chi connectivity index (χ0) is 24.0. The van der Waals surface area contributed by atoms with Crippen molar-refractivity contribution in [3.8, 4) is 0 Å². The second-order valence-corrected chi connectivity index (χ2v) is 8.69. The first-order valence-electron chi connectivity index (χ1n) is 10.3. The third-order valence-electron chi connectivity index (χ3n) is 5.22. The van der Waals surface area contributed by atoms with Crippen molar-refractivity contribution in [3.05, 3.63) is 71.3 Å². The van der Waals surface area contributed by atoms with Gasteiger partial charge in [-0.1, -0.05) is 42.1 Å². The summed E-state index contributed by atoms with van der Waals surface area (Å²) >= 11 is 1.16. The van der Waals surface area contributed by atoms with Gasteiger partial charge in [-0.2, -0.15) is 5.10 Å². The van der Waals surface area contributed by atoms with Gasteiger partial charge in [-0.25, -0.2) is 18.2 Å². The van der Waals surface area contributed by atoms with Crippen molar-refractivity contribution >= 4 is 28.5 Å². The summed E-state index contributed by atoms with van der Waals surface area (Å²) in [5.41, 5.74) is 6.16. The number of aliphatic imine (C=N–C) groups is 1. The number of halogens is 3. The largest absolute Gasteiger partial charge is 0.385 e. The van der Waals surface area contributed by atoms with Gasteiger partial charge in [-0.3, -0.25) is 9.79 Å². The van der Waals surface area contributed by atoms with E-state index in [-0.39, 0.29) is 23.0 Å². The van der Waals surface area contributed by atoms with Crippen LogP contribution in [0.4, 0.5) is 13.2 Å². The Hall–Kier alpha value is -2.85. The van der Waals surface area contributed by atoms with Crippen LogP contribution in [0.2, 0.25) is 0 Å². The summed E-state index contributed by atoms with van der Waals surface area (Å²) in [5, 5.41) is 5.89. The summed E-state index contributed by atoms with van der Waals surface area (Å²) < 4.78 is 46.4. The lowest BCUT2D eigenvalue weighted by Crippen LogP contribution is -2.45. The molecule has 0 fully saturated rings. The molecule has 2 atom stereocenters. The lowest BCUT2D eigenvalue weighted by atomic mass is 9.99. The molecule has 1 aliphatic rings. The molecule has 6 nitrogen and oxygen atoms in total. The number of carbonyl (C=O) groups is 1. The van der Waals surface area contributed by atoms with Crippen molar-refractivity contribution in [1.29, 1.82) is 0 Å². The monoisotopic (exact) mass is 478 g/mol. The number of carbonyl (C=O) groups excluding carboxylic acids is 1. The third-order valence-corrected chi connectivity index (χ3v) is 6.66. The highest BCUT2D eigenvalue weighted by Gasteiger charge is 2.49. The number of nitrogens with zero attached hydrogens (tertiary/aromatic N) is 3. The minimum atomic E-state index is -1.07. The number of amidine groups is 1. The highest BCUT2D eigenvalue weighted by Crippen LogP contribution is 2.51. The van der Waals surface area contributed by atoms with Crippen LogP contribution in [0.15, 0.2) is 58.6 Å². The molecular formula is C23H25F3N4O2S. The second-order valence-electron chi connectivity index (χ2n) is 7.42. The molecule has 1 aliphatic heterocycles. The van der Waals surface area contributed by atoms with Crippen LogP contribution in [0, 0.1) is 11.6 Å². The van der Waals surface area contributed by atoms with Crippen molar-refractivity contribution in [3.63, 3.8) is 0 Å². The maximum atomic E-state index is 14.6. The van der Waals surface area contributed by atoms with E-state index in [0.717, 1.165) is 35.5 Å². The SMILES string of the molecule is CO[C@@H](C)C(=O)N1N=C(c2cc(F)ccc2F)S[C@@]1(CCCN=C(N)CF)c1ccccc1. The normalized spacial score (nSPS) is 19.5. The number of rotatable bonds is 9. The van der Waals surface area contributed by atoms with E-state index in [1.54, 1.807) is 6.92 Å². The number of alkyl halides is 1. The van der Waals surface area contributed by atoms with Gasteiger partial charge in [0.05, 0.1) is 0 Å². The topological polar surface area (TPSA) is 80.3 Å². The van der Waals surface area contributed by atoms with Gasteiger partial charge in [0.25, 0.3) is 5.91 Å². The average molecular weight is 479 g/mol. The summed E-state index contributed by atoms with van der Waals surface area (Å²) in [5.74, 6) is -1.82. The zero-order valence-corrected chi connectivity index (χ0v) is 19.1. The van der Waals surface area contributed by atoms with E-state index >= 15 is 0 Å². The van der Waals surface area contributed by atoms with Crippen molar-refractivity contribution in [1.82, 2.24) is 5.01 Å². The first-order valence-corrected chi connectivity index (χ1v) is 11.1. The van der Waals surface area contributed by atoms with E-state index in [9.17, 15) is 18.0 Å². The minimum Gasteiger partial charge on any atom is -0.385 e. The Morgan fingerprint density at radius 2 is 2.00 bits per heavy atom. The third kappa shape index (κ3) is 5.39. The van der Waals surface area contributed by atoms with E-state index in [0.29, 0.717) is 12.8 Å². The first-order chi connectivity index (χ1) is 15.8. The molecule has 1 heterocycles. The summed E-state index contributed by atoms with van der Waals surface area (Å²) in [6, 6.07) is 12.2. The van der Waals surface area contributed by atoms with Gasteiger partial charge in [0.2, 0.25) is 0 Å². The smallest absolute Gasteiger partial charge is 0.273 e. The molecule has 0 aliphatic carbocycles. The number of benzene rings is 2. The number of hydrogen-bond acceptors (Lipinski definition) is 5. The number of amides is 1. The summed E-state index contributed by atoms with van der Waals surface area (Å²) in [4.78, 5) is 16.2. The van der Waals surface area contributed by atoms with Crippen molar-refractivity contribution < 1.29 is 22.7 Å². The van der Waals surface area contributed by atoms with Crippen LogP contribution < -0.4 is 5.73 Å². The van der Waals surface area contributed by atoms with Gasteiger partial charge in [0.15, 0.2) is 0 Å². The van der Waals surface area contributed by atoms with E-state index in [4.69, 9.17) is 10.5 Å². The second kappa shape index (κ2) is 10.8. The predicted octanol–water partition coefficient (Wildman–Crippen LogP) is 4.20. The molecule has 10 heteroatoms. The van der Waals surface area contributed by atoms with Gasteiger partial charge in [0.1, 0.15) is 40.2 Å². The van der Waals surface area contributed by atoms with Crippen LogP contribution >= 0.6 is 11.8 Å². The van der Waals surface area contributed by atoms with Crippen molar-refractivity contribution in [2.45, 2.75) is 30.7 Å². The molecule has 0 saturated heterocycles. The number of hydrazone groups is 1. The number of methoxy groups -OCH3 is 1. The highest BCUT2D eigenvalue weighted by atomic mass is 32.2. The number of nitrogens with two attached hydrogens (primary N) is 1. The number of ether oxygens (including phenoxy) is 1. The Morgan fingerprint density at radius 1 is 1.27 bits per heavy atom. The van der Waals surface area contributed by atoms with E-state index < -0.39 is 35.2 Å². The minimum absolute atomic E-state index is 0.0413. The van der Waals surface area contributed by atoms with Crippen molar-refractivity contribution in [2.24, 2.45) is 15.8 Å². The van der Waals surface area contributed by atoms with Gasteiger partial charge in [0, 0.05) is 19.2 Å². The molecular weight excluding hydrogens is 453 g/mol. The Bertz CT molecular complexity index is 1050. The van der Waals surface area contributed by atoms with E-state index in [2.05, 4.69) is 10.1 Å². The number of thioether (sulfide) groups is 1. The average Bonchev–Trinajstić information content (AvgIpc) is 3.23. The molecule has 3 rings (SSSR count). The fourth-order valence-corrected chi connectivity index (χ4v) is 4.86.